The molecule has 2 aliphatic rings. The normalized spacial score (nSPS) is 16.5. The molecule has 220 valence electrons. The SMILES string of the molecule is Cn1nnc2cccc([C@H](Nc3cc(C#N)c4ncc(C#N)c(NCC(C)(C)C)c4c3)C3=CN(C4(C(F)F)CC4)NN3)c21. The highest BCUT2D eigenvalue weighted by atomic mass is 19.3. The van der Waals surface area contributed by atoms with Gasteiger partial charge >= 0.3 is 0 Å². The number of benzene rings is 2. The fourth-order valence-electron chi connectivity index (χ4n) is 5.37. The molecule has 0 radical (unpaired) electrons. The van der Waals surface area contributed by atoms with Crippen molar-refractivity contribution < 1.29 is 8.78 Å². The first-order valence-electron chi connectivity index (χ1n) is 13.9. The van der Waals surface area contributed by atoms with Gasteiger partial charge in [-0.3, -0.25) is 9.99 Å². The first-order chi connectivity index (χ1) is 20.5. The Balaban J connectivity index is 1.49. The van der Waals surface area contributed by atoms with Crippen LogP contribution in [0.25, 0.3) is 21.9 Å². The maximum Gasteiger partial charge on any atom is 0.262 e. The molecule has 1 saturated carbocycles. The van der Waals surface area contributed by atoms with Crippen LogP contribution in [0.15, 0.2) is 48.4 Å². The number of nitrogens with one attached hydrogen (secondary N) is 4. The molecule has 1 atom stereocenters. The summed E-state index contributed by atoms with van der Waals surface area (Å²) in [7, 11) is 1.79. The van der Waals surface area contributed by atoms with E-state index < -0.39 is 18.0 Å². The maximum atomic E-state index is 14.0. The molecule has 0 bridgehead atoms. The van der Waals surface area contributed by atoms with Gasteiger partial charge in [0.25, 0.3) is 6.43 Å². The number of pyridine rings is 1. The average molecular weight is 584 g/mol. The molecule has 4 N–H and O–H groups in total. The highest BCUT2D eigenvalue weighted by Crippen LogP contribution is 2.47. The Labute approximate surface area is 247 Å². The third-order valence-corrected chi connectivity index (χ3v) is 7.83. The smallest absolute Gasteiger partial charge is 0.262 e. The van der Waals surface area contributed by atoms with E-state index in [1.54, 1.807) is 24.0 Å². The number of fused-ring (bicyclic) bond motifs is 2. The maximum absolute atomic E-state index is 14.0. The first-order valence-corrected chi connectivity index (χ1v) is 13.9. The van der Waals surface area contributed by atoms with Crippen LogP contribution in [0.2, 0.25) is 0 Å². The molecule has 0 unspecified atom stereocenters. The van der Waals surface area contributed by atoms with Gasteiger partial charge in [0.15, 0.2) is 0 Å². The Morgan fingerprint density at radius 3 is 2.58 bits per heavy atom. The minimum Gasteiger partial charge on any atom is -0.383 e. The van der Waals surface area contributed by atoms with E-state index in [0.717, 1.165) is 11.1 Å². The summed E-state index contributed by atoms with van der Waals surface area (Å²) in [5, 5.41) is 37.4. The standard InChI is InChI=1S/C30H31F2N11/c1-29(2,3)16-36-25-18(13-34)14-35-24-17(12-33)10-19(11-21(24)25)37-26(20-6-5-7-22-27(20)42(4)40-38-22)23-15-43(41-39-23)30(8-9-30)28(31)32/h5-7,10-11,14-15,26,28,37,39,41H,8-9,16H2,1-4H3,(H,35,36)/t26-/m0/s1. The van der Waals surface area contributed by atoms with E-state index >= 15 is 0 Å². The van der Waals surface area contributed by atoms with Crippen LogP contribution in [0.3, 0.4) is 0 Å². The lowest BCUT2D eigenvalue weighted by atomic mass is 9.96. The number of hydrogen-bond donors (Lipinski definition) is 4. The molecule has 0 saturated heterocycles. The van der Waals surface area contributed by atoms with E-state index in [1.807, 2.05) is 24.3 Å². The fourth-order valence-corrected chi connectivity index (χ4v) is 5.37. The summed E-state index contributed by atoms with van der Waals surface area (Å²) in [5.74, 6) is 0. The molecular formula is C30H31F2N11. The number of anilines is 2. The summed E-state index contributed by atoms with van der Waals surface area (Å²) in [6.07, 6.45) is 1.36. The Morgan fingerprint density at radius 2 is 1.91 bits per heavy atom. The molecule has 2 aromatic heterocycles. The van der Waals surface area contributed by atoms with Crippen molar-refractivity contribution in [3.05, 3.63) is 65.1 Å². The zero-order chi connectivity index (χ0) is 30.5. The van der Waals surface area contributed by atoms with E-state index in [1.165, 1.54) is 11.2 Å². The summed E-state index contributed by atoms with van der Waals surface area (Å²) >= 11 is 0. The number of aryl methyl sites for hydroxylation is 1. The Kier molecular flexibility index (Phi) is 6.78. The third kappa shape index (κ3) is 5.02. The second-order valence-electron chi connectivity index (χ2n) is 12.2. The summed E-state index contributed by atoms with van der Waals surface area (Å²) in [5.41, 5.74) is 9.82. The van der Waals surface area contributed by atoms with Gasteiger partial charge in [-0.2, -0.15) is 10.5 Å². The molecule has 0 amide bonds. The van der Waals surface area contributed by atoms with Crippen molar-refractivity contribution in [3.8, 4) is 12.1 Å². The van der Waals surface area contributed by atoms with Crippen molar-refractivity contribution in [2.75, 3.05) is 17.2 Å². The fraction of sp³-hybridized carbons (Fsp3) is 0.367. The van der Waals surface area contributed by atoms with E-state index in [4.69, 9.17) is 0 Å². The average Bonchev–Trinajstić information content (AvgIpc) is 3.50. The quantitative estimate of drug-likeness (QED) is 0.228. The Hall–Kier alpha value is -5.01. The predicted molar refractivity (Wildman–Crippen MR) is 158 cm³/mol. The molecule has 13 heteroatoms. The van der Waals surface area contributed by atoms with Crippen LogP contribution in [0.4, 0.5) is 20.2 Å². The summed E-state index contributed by atoms with van der Waals surface area (Å²) < 4.78 is 29.6. The van der Waals surface area contributed by atoms with Gasteiger partial charge in [-0.25, -0.2) is 13.5 Å². The highest BCUT2D eigenvalue weighted by molar-refractivity contribution is 5.99. The van der Waals surface area contributed by atoms with Gasteiger partial charge in [0.05, 0.1) is 39.6 Å². The number of hydrogen-bond acceptors (Lipinski definition) is 10. The molecule has 1 aliphatic carbocycles. The van der Waals surface area contributed by atoms with Crippen LogP contribution < -0.4 is 21.6 Å². The van der Waals surface area contributed by atoms with E-state index in [-0.39, 0.29) is 5.41 Å². The molecule has 11 nitrogen and oxygen atoms in total. The Morgan fingerprint density at radius 1 is 1.14 bits per heavy atom. The summed E-state index contributed by atoms with van der Waals surface area (Å²) in [6, 6.07) is 13.1. The van der Waals surface area contributed by atoms with Gasteiger partial charge in [-0.05, 0) is 36.5 Å². The van der Waals surface area contributed by atoms with Gasteiger partial charge in [0.1, 0.15) is 23.2 Å². The lowest BCUT2D eigenvalue weighted by Crippen LogP contribution is -2.48. The largest absolute Gasteiger partial charge is 0.383 e. The van der Waals surface area contributed by atoms with Crippen molar-refractivity contribution in [1.82, 2.24) is 35.9 Å². The molecular weight excluding hydrogens is 552 g/mol. The molecule has 6 rings (SSSR count). The highest BCUT2D eigenvalue weighted by Gasteiger charge is 2.56. The number of halogens is 2. The number of nitrogens with zero attached hydrogens (tertiary/aromatic N) is 7. The number of aromatic nitrogens is 4. The van der Waals surface area contributed by atoms with Gasteiger partial charge in [0.2, 0.25) is 0 Å². The number of nitriles is 2. The van der Waals surface area contributed by atoms with Crippen molar-refractivity contribution in [1.29, 1.82) is 10.5 Å². The molecule has 4 aromatic rings. The van der Waals surface area contributed by atoms with Crippen LogP contribution in [0.1, 0.15) is 56.3 Å². The molecule has 2 aromatic carbocycles. The predicted octanol–water partition coefficient (Wildman–Crippen LogP) is 4.83. The van der Waals surface area contributed by atoms with Crippen LogP contribution in [-0.2, 0) is 7.05 Å². The minimum atomic E-state index is -2.52. The lowest BCUT2D eigenvalue weighted by molar-refractivity contribution is 0.00911. The van der Waals surface area contributed by atoms with E-state index in [9.17, 15) is 19.3 Å². The van der Waals surface area contributed by atoms with Crippen molar-refractivity contribution in [2.24, 2.45) is 12.5 Å². The van der Waals surface area contributed by atoms with Crippen molar-refractivity contribution in [2.45, 2.75) is 51.6 Å². The zero-order valence-corrected chi connectivity index (χ0v) is 24.2. The molecule has 43 heavy (non-hydrogen) atoms. The number of para-hydroxylation sites is 1. The van der Waals surface area contributed by atoms with Gasteiger partial charge in [0, 0.05) is 42.6 Å². The van der Waals surface area contributed by atoms with Crippen LogP contribution in [0, 0.1) is 28.1 Å². The number of alkyl halides is 2. The zero-order valence-electron chi connectivity index (χ0n) is 24.2. The van der Waals surface area contributed by atoms with Crippen molar-refractivity contribution in [3.63, 3.8) is 0 Å². The molecule has 1 fully saturated rings. The second-order valence-corrected chi connectivity index (χ2v) is 12.2. The van der Waals surface area contributed by atoms with Crippen LogP contribution in [-0.4, -0.2) is 43.5 Å². The van der Waals surface area contributed by atoms with Crippen LogP contribution in [0.5, 0.6) is 0 Å². The third-order valence-electron chi connectivity index (χ3n) is 7.83. The van der Waals surface area contributed by atoms with Crippen LogP contribution >= 0.6 is 0 Å². The molecule has 0 spiro atoms. The number of rotatable bonds is 8. The van der Waals surface area contributed by atoms with Gasteiger partial charge in [-0.15, -0.1) is 10.6 Å². The van der Waals surface area contributed by atoms with Gasteiger partial charge < -0.3 is 16.1 Å². The van der Waals surface area contributed by atoms with E-state index in [0.29, 0.717) is 64.0 Å². The van der Waals surface area contributed by atoms with E-state index in [2.05, 4.69) is 69.8 Å². The Bertz CT molecular complexity index is 1840. The number of hydrazine groups is 2. The first kappa shape index (κ1) is 28.1. The summed E-state index contributed by atoms with van der Waals surface area (Å²) in [4.78, 5) is 4.45. The second kappa shape index (κ2) is 10.4. The monoisotopic (exact) mass is 583 g/mol. The summed E-state index contributed by atoms with van der Waals surface area (Å²) in [6.45, 7) is 6.84. The molecule has 3 heterocycles. The van der Waals surface area contributed by atoms with Crippen molar-refractivity contribution >= 4 is 33.3 Å². The lowest BCUT2D eigenvalue weighted by Gasteiger charge is -2.25. The molecule has 1 aliphatic heterocycles. The van der Waals surface area contributed by atoms with Gasteiger partial charge in [-0.1, -0.05) is 38.1 Å². The topological polar surface area (TPSA) is 143 Å². The minimum absolute atomic E-state index is 0.0756.